The maximum absolute atomic E-state index is 12.8. The Morgan fingerprint density at radius 2 is 1.95 bits per heavy atom. The summed E-state index contributed by atoms with van der Waals surface area (Å²) in [6.07, 6.45) is -3.46. The van der Waals surface area contributed by atoms with Gasteiger partial charge in [-0.2, -0.15) is 13.2 Å². The van der Waals surface area contributed by atoms with Crippen LogP contribution in [0.25, 0.3) is 0 Å². The van der Waals surface area contributed by atoms with E-state index in [9.17, 15) is 13.2 Å². The Bertz CT molecular complexity index is 589. The molecule has 1 aromatic carbocycles. The molecule has 0 amide bonds. The molecule has 2 rings (SSSR count). The monoisotopic (exact) mass is 297 g/mol. The van der Waals surface area contributed by atoms with Crippen molar-refractivity contribution in [2.75, 3.05) is 6.54 Å². The molecule has 1 heterocycles. The molecule has 114 valence electrons. The third-order valence-electron chi connectivity index (χ3n) is 3.19. The van der Waals surface area contributed by atoms with Crippen molar-refractivity contribution in [1.29, 1.82) is 0 Å². The van der Waals surface area contributed by atoms with E-state index in [-0.39, 0.29) is 6.04 Å². The molecule has 2 aromatic rings. The van der Waals surface area contributed by atoms with Gasteiger partial charge in [0.25, 0.3) is 0 Å². The Morgan fingerprint density at radius 3 is 2.52 bits per heavy atom. The van der Waals surface area contributed by atoms with Crippen molar-refractivity contribution in [3.63, 3.8) is 0 Å². The van der Waals surface area contributed by atoms with Gasteiger partial charge in [-0.3, -0.25) is 0 Å². The standard InChI is InChI=1S/C16H18F3NO/c1-3-9-20-15(14-8-7-11(2)21-14)12-5-4-6-13(10-12)16(17,18)19/h4-8,10,15,20H,3,9H2,1-2H3. The van der Waals surface area contributed by atoms with Gasteiger partial charge in [-0.25, -0.2) is 0 Å². The van der Waals surface area contributed by atoms with E-state index in [0.29, 0.717) is 17.9 Å². The van der Waals surface area contributed by atoms with Gasteiger partial charge in [0, 0.05) is 0 Å². The van der Waals surface area contributed by atoms with Crippen LogP contribution in [0, 0.1) is 6.92 Å². The highest BCUT2D eigenvalue weighted by Crippen LogP contribution is 2.32. The molecule has 0 spiro atoms. The van der Waals surface area contributed by atoms with Gasteiger partial charge < -0.3 is 9.73 Å². The van der Waals surface area contributed by atoms with Gasteiger partial charge in [-0.15, -0.1) is 0 Å². The van der Waals surface area contributed by atoms with E-state index in [4.69, 9.17) is 4.42 Å². The molecule has 0 fully saturated rings. The Kier molecular flexibility index (Phi) is 4.73. The molecule has 21 heavy (non-hydrogen) atoms. The Labute approximate surface area is 122 Å². The summed E-state index contributed by atoms with van der Waals surface area (Å²) in [5.41, 5.74) is -0.0980. The average molecular weight is 297 g/mol. The Morgan fingerprint density at radius 1 is 1.19 bits per heavy atom. The summed E-state index contributed by atoms with van der Waals surface area (Å²) in [5.74, 6) is 1.36. The first-order chi connectivity index (χ1) is 9.91. The lowest BCUT2D eigenvalue weighted by Gasteiger charge is -2.18. The van der Waals surface area contributed by atoms with Crippen molar-refractivity contribution < 1.29 is 17.6 Å². The summed E-state index contributed by atoms with van der Waals surface area (Å²) in [4.78, 5) is 0. The number of hydrogen-bond donors (Lipinski definition) is 1. The lowest BCUT2D eigenvalue weighted by atomic mass is 10.0. The number of nitrogens with one attached hydrogen (secondary N) is 1. The molecule has 0 saturated heterocycles. The van der Waals surface area contributed by atoms with Crippen LogP contribution in [0.5, 0.6) is 0 Å². The van der Waals surface area contributed by atoms with Crippen LogP contribution >= 0.6 is 0 Å². The Balaban J connectivity index is 2.37. The minimum Gasteiger partial charge on any atom is -0.464 e. The molecule has 0 saturated carbocycles. The molecule has 0 bridgehead atoms. The topological polar surface area (TPSA) is 25.2 Å². The van der Waals surface area contributed by atoms with Crippen molar-refractivity contribution in [2.45, 2.75) is 32.5 Å². The second-order valence-corrected chi connectivity index (χ2v) is 4.96. The molecule has 0 radical (unpaired) electrons. The highest BCUT2D eigenvalue weighted by atomic mass is 19.4. The Hall–Kier alpha value is -1.75. The smallest absolute Gasteiger partial charge is 0.416 e. The zero-order valence-corrected chi connectivity index (χ0v) is 12.0. The molecular weight excluding hydrogens is 279 g/mol. The largest absolute Gasteiger partial charge is 0.464 e. The number of halogens is 3. The van der Waals surface area contributed by atoms with Crippen LogP contribution < -0.4 is 5.32 Å². The van der Waals surface area contributed by atoms with E-state index in [2.05, 4.69) is 5.32 Å². The number of benzene rings is 1. The van der Waals surface area contributed by atoms with Crippen molar-refractivity contribution in [3.8, 4) is 0 Å². The minimum atomic E-state index is -4.34. The predicted octanol–water partition coefficient (Wildman–Crippen LogP) is 4.70. The molecule has 0 aliphatic carbocycles. The molecule has 0 aliphatic rings. The van der Waals surface area contributed by atoms with Crippen molar-refractivity contribution in [2.24, 2.45) is 0 Å². The summed E-state index contributed by atoms with van der Waals surface area (Å²) in [5, 5.41) is 3.23. The van der Waals surface area contributed by atoms with E-state index < -0.39 is 11.7 Å². The average Bonchev–Trinajstić information content (AvgIpc) is 2.85. The van der Waals surface area contributed by atoms with E-state index in [0.717, 1.165) is 18.2 Å². The third kappa shape index (κ3) is 3.88. The molecule has 1 N–H and O–H groups in total. The van der Waals surface area contributed by atoms with Gasteiger partial charge in [-0.05, 0) is 49.7 Å². The normalized spacial score (nSPS) is 13.4. The van der Waals surface area contributed by atoms with Crippen LogP contribution in [0.4, 0.5) is 13.2 Å². The number of alkyl halides is 3. The van der Waals surface area contributed by atoms with E-state index in [1.807, 2.05) is 19.9 Å². The third-order valence-corrected chi connectivity index (χ3v) is 3.19. The number of hydrogen-bond acceptors (Lipinski definition) is 2. The maximum Gasteiger partial charge on any atom is 0.416 e. The first-order valence-corrected chi connectivity index (χ1v) is 6.88. The van der Waals surface area contributed by atoms with Crippen molar-refractivity contribution in [3.05, 3.63) is 59.0 Å². The van der Waals surface area contributed by atoms with E-state index in [1.165, 1.54) is 12.1 Å². The fraction of sp³-hybridized carbons (Fsp3) is 0.375. The summed E-state index contributed by atoms with van der Waals surface area (Å²) in [6.45, 7) is 4.51. The second-order valence-electron chi connectivity index (χ2n) is 4.96. The van der Waals surface area contributed by atoms with Gasteiger partial charge in [-0.1, -0.05) is 19.1 Å². The lowest BCUT2D eigenvalue weighted by Crippen LogP contribution is -2.23. The van der Waals surface area contributed by atoms with E-state index in [1.54, 1.807) is 12.1 Å². The molecular formula is C16H18F3NO. The minimum absolute atomic E-state index is 0.374. The van der Waals surface area contributed by atoms with Crippen molar-refractivity contribution >= 4 is 0 Å². The van der Waals surface area contributed by atoms with Gasteiger partial charge in [0.05, 0.1) is 11.6 Å². The zero-order chi connectivity index (χ0) is 15.5. The van der Waals surface area contributed by atoms with Gasteiger partial charge in [0.2, 0.25) is 0 Å². The van der Waals surface area contributed by atoms with Crippen molar-refractivity contribution in [1.82, 2.24) is 5.32 Å². The zero-order valence-electron chi connectivity index (χ0n) is 12.0. The first kappa shape index (κ1) is 15.6. The number of rotatable bonds is 5. The summed E-state index contributed by atoms with van der Waals surface area (Å²) in [7, 11) is 0. The molecule has 2 nitrogen and oxygen atoms in total. The first-order valence-electron chi connectivity index (χ1n) is 6.88. The summed E-state index contributed by atoms with van der Waals surface area (Å²) < 4.78 is 44.1. The fourth-order valence-electron chi connectivity index (χ4n) is 2.17. The molecule has 1 atom stereocenters. The maximum atomic E-state index is 12.8. The van der Waals surface area contributed by atoms with Crippen LogP contribution in [-0.2, 0) is 6.18 Å². The van der Waals surface area contributed by atoms with Crippen LogP contribution in [0.3, 0.4) is 0 Å². The summed E-state index contributed by atoms with van der Waals surface area (Å²) in [6, 6.07) is 8.58. The fourth-order valence-corrected chi connectivity index (χ4v) is 2.17. The molecule has 1 aromatic heterocycles. The number of aryl methyl sites for hydroxylation is 1. The molecule has 0 aliphatic heterocycles. The van der Waals surface area contributed by atoms with Gasteiger partial charge in [0.1, 0.15) is 11.5 Å². The van der Waals surface area contributed by atoms with Gasteiger partial charge in [0.15, 0.2) is 0 Å². The number of furan rings is 1. The van der Waals surface area contributed by atoms with E-state index >= 15 is 0 Å². The second kappa shape index (κ2) is 6.35. The molecule has 5 heteroatoms. The molecule has 1 unspecified atom stereocenters. The predicted molar refractivity (Wildman–Crippen MR) is 75.0 cm³/mol. The highest BCUT2D eigenvalue weighted by molar-refractivity contribution is 5.32. The van der Waals surface area contributed by atoms with Crippen LogP contribution in [-0.4, -0.2) is 6.54 Å². The lowest BCUT2D eigenvalue weighted by molar-refractivity contribution is -0.137. The quantitative estimate of drug-likeness (QED) is 0.865. The highest BCUT2D eigenvalue weighted by Gasteiger charge is 2.31. The van der Waals surface area contributed by atoms with Gasteiger partial charge >= 0.3 is 6.18 Å². The summed E-state index contributed by atoms with van der Waals surface area (Å²) >= 11 is 0. The van der Waals surface area contributed by atoms with Crippen LogP contribution in [0.15, 0.2) is 40.8 Å². The van der Waals surface area contributed by atoms with Crippen LogP contribution in [0.1, 0.15) is 42.0 Å². The van der Waals surface area contributed by atoms with Crippen LogP contribution in [0.2, 0.25) is 0 Å². The SMILES string of the molecule is CCCNC(c1cccc(C(F)(F)F)c1)c1ccc(C)o1.